The van der Waals surface area contributed by atoms with E-state index < -0.39 is 0 Å². The molecule has 2 aliphatic rings. The highest BCUT2D eigenvalue weighted by Crippen LogP contribution is 2.53. The summed E-state index contributed by atoms with van der Waals surface area (Å²) in [7, 11) is 3.72. The van der Waals surface area contributed by atoms with E-state index in [0.29, 0.717) is 5.92 Å². The van der Waals surface area contributed by atoms with Crippen LogP contribution < -0.4 is 5.32 Å². The maximum absolute atomic E-state index is 12.6. The predicted octanol–water partition coefficient (Wildman–Crippen LogP) is 1.93. The van der Waals surface area contributed by atoms with Crippen molar-refractivity contribution in [3.8, 4) is 0 Å². The molecule has 4 nitrogen and oxygen atoms in total. The van der Waals surface area contributed by atoms with Gasteiger partial charge in [0.05, 0.1) is 5.60 Å². The molecule has 0 aromatic rings. The molecule has 1 heterocycles. The molecule has 1 N–H and O–H groups in total. The lowest BCUT2D eigenvalue weighted by molar-refractivity contribution is -0.209. The van der Waals surface area contributed by atoms with Gasteiger partial charge < -0.3 is 15.0 Å². The first kappa shape index (κ1) is 17.7. The van der Waals surface area contributed by atoms with Gasteiger partial charge in [0.15, 0.2) is 0 Å². The van der Waals surface area contributed by atoms with Gasteiger partial charge in [-0.3, -0.25) is 4.79 Å². The smallest absolute Gasteiger partial charge is 0.225 e. The molecule has 2 rings (SSSR count). The van der Waals surface area contributed by atoms with Gasteiger partial charge in [-0.15, -0.1) is 12.4 Å². The van der Waals surface area contributed by atoms with Crippen LogP contribution in [-0.2, 0) is 9.53 Å². The van der Waals surface area contributed by atoms with Gasteiger partial charge in [0, 0.05) is 31.5 Å². The molecule has 3 unspecified atom stereocenters. The lowest BCUT2D eigenvalue weighted by atomic mass is 9.55. The Morgan fingerprint density at radius 1 is 1.35 bits per heavy atom. The Morgan fingerprint density at radius 3 is 2.25 bits per heavy atom. The van der Waals surface area contributed by atoms with Crippen LogP contribution in [0.25, 0.3) is 0 Å². The van der Waals surface area contributed by atoms with Crippen LogP contribution in [0.4, 0.5) is 0 Å². The van der Waals surface area contributed by atoms with Gasteiger partial charge in [0.25, 0.3) is 0 Å². The predicted molar refractivity (Wildman–Crippen MR) is 83.1 cm³/mol. The fourth-order valence-electron chi connectivity index (χ4n) is 3.42. The van der Waals surface area contributed by atoms with Crippen LogP contribution >= 0.6 is 12.4 Å². The molecule has 1 saturated carbocycles. The Balaban J connectivity index is 0.00000200. The Bertz CT molecular complexity index is 371. The van der Waals surface area contributed by atoms with Crippen molar-refractivity contribution in [2.75, 3.05) is 27.2 Å². The minimum Gasteiger partial charge on any atom is -0.378 e. The molecule has 0 spiro atoms. The average Bonchev–Trinajstić information content (AvgIpc) is 2.31. The fourth-order valence-corrected chi connectivity index (χ4v) is 3.42. The maximum Gasteiger partial charge on any atom is 0.225 e. The molecular weight excluding hydrogens is 276 g/mol. The lowest BCUT2D eigenvalue weighted by Gasteiger charge is -2.61. The second-order valence-corrected chi connectivity index (χ2v) is 7.03. The van der Waals surface area contributed by atoms with Crippen LogP contribution in [0, 0.1) is 17.3 Å². The molecule has 2 fully saturated rings. The van der Waals surface area contributed by atoms with Crippen molar-refractivity contribution in [1.82, 2.24) is 10.2 Å². The number of rotatable bonds is 4. The molecule has 0 aromatic heterocycles. The van der Waals surface area contributed by atoms with Crippen molar-refractivity contribution < 1.29 is 9.53 Å². The molecule has 1 saturated heterocycles. The number of hydrogen-bond acceptors (Lipinski definition) is 3. The van der Waals surface area contributed by atoms with E-state index in [0.717, 1.165) is 19.5 Å². The molecule has 0 radical (unpaired) electrons. The second-order valence-electron chi connectivity index (χ2n) is 7.03. The van der Waals surface area contributed by atoms with Crippen LogP contribution in [0.2, 0.25) is 0 Å². The van der Waals surface area contributed by atoms with Crippen LogP contribution in [0.1, 0.15) is 34.1 Å². The topological polar surface area (TPSA) is 41.6 Å². The summed E-state index contributed by atoms with van der Waals surface area (Å²) in [4.78, 5) is 14.5. The van der Waals surface area contributed by atoms with E-state index >= 15 is 0 Å². The van der Waals surface area contributed by atoms with Gasteiger partial charge in [-0.1, -0.05) is 20.8 Å². The number of carbonyl (C=O) groups is 1. The zero-order valence-corrected chi connectivity index (χ0v) is 14.3. The number of methoxy groups -OCH3 is 1. The Hall–Kier alpha value is -0.320. The summed E-state index contributed by atoms with van der Waals surface area (Å²) in [5.74, 6) is 0.908. The average molecular weight is 305 g/mol. The molecule has 0 aromatic carbocycles. The summed E-state index contributed by atoms with van der Waals surface area (Å²) in [6.07, 6.45) is 0.925. The summed E-state index contributed by atoms with van der Waals surface area (Å²) in [5, 5.41) is 3.24. The number of nitrogens with one attached hydrogen (secondary N) is 1. The van der Waals surface area contributed by atoms with E-state index in [-0.39, 0.29) is 41.3 Å². The van der Waals surface area contributed by atoms with Crippen molar-refractivity contribution in [1.29, 1.82) is 0 Å². The summed E-state index contributed by atoms with van der Waals surface area (Å²) >= 11 is 0. The first-order valence-corrected chi connectivity index (χ1v) is 7.27. The van der Waals surface area contributed by atoms with Gasteiger partial charge in [0.2, 0.25) is 5.91 Å². The first-order valence-electron chi connectivity index (χ1n) is 7.27. The number of amides is 1. The van der Waals surface area contributed by atoms with E-state index in [1.54, 1.807) is 7.11 Å². The standard InChI is InChI=1S/C15H28N2O2.ClH/c1-10(11-8-16-9-11)13(18)17(5)12-7-15(4,19-6)14(12,2)3;/h10-12,16H,7-9H2,1-6H3;1H. The molecule has 3 atom stereocenters. The number of ether oxygens (including phenoxy) is 1. The van der Waals surface area contributed by atoms with Crippen LogP contribution in [0.15, 0.2) is 0 Å². The normalized spacial score (nSPS) is 33.4. The van der Waals surface area contributed by atoms with E-state index in [9.17, 15) is 4.79 Å². The Labute approximate surface area is 129 Å². The fraction of sp³-hybridized carbons (Fsp3) is 0.933. The third-order valence-electron chi connectivity index (χ3n) is 5.95. The molecule has 118 valence electrons. The minimum atomic E-state index is -0.118. The highest BCUT2D eigenvalue weighted by atomic mass is 35.5. The first-order chi connectivity index (χ1) is 8.74. The van der Waals surface area contributed by atoms with Crippen LogP contribution in [0.3, 0.4) is 0 Å². The summed E-state index contributed by atoms with van der Waals surface area (Å²) in [6.45, 7) is 10.6. The SMILES string of the molecule is COC1(C)CC(N(C)C(=O)C(C)C2CNC2)C1(C)C.Cl. The Kier molecular flexibility index (Phi) is 5.16. The van der Waals surface area contributed by atoms with E-state index in [4.69, 9.17) is 4.74 Å². The lowest BCUT2D eigenvalue weighted by Crippen LogP contribution is -2.69. The van der Waals surface area contributed by atoms with E-state index in [1.807, 2.05) is 11.9 Å². The zero-order chi connectivity index (χ0) is 14.4. The van der Waals surface area contributed by atoms with Crippen LogP contribution in [0.5, 0.6) is 0 Å². The van der Waals surface area contributed by atoms with Crippen molar-refractivity contribution in [3.63, 3.8) is 0 Å². The van der Waals surface area contributed by atoms with Crippen molar-refractivity contribution in [2.24, 2.45) is 17.3 Å². The number of hydrogen-bond donors (Lipinski definition) is 1. The molecule has 20 heavy (non-hydrogen) atoms. The molecule has 1 aliphatic heterocycles. The van der Waals surface area contributed by atoms with Gasteiger partial charge in [0.1, 0.15) is 0 Å². The molecule has 1 amide bonds. The monoisotopic (exact) mass is 304 g/mol. The number of halogens is 1. The Morgan fingerprint density at radius 2 is 1.90 bits per heavy atom. The number of carbonyl (C=O) groups excluding carboxylic acids is 1. The summed E-state index contributed by atoms with van der Waals surface area (Å²) < 4.78 is 5.64. The second kappa shape index (κ2) is 5.82. The number of nitrogens with zero attached hydrogens (tertiary/aromatic N) is 1. The minimum absolute atomic E-state index is 0. The third kappa shape index (κ3) is 2.46. The molecular formula is C15H29ClN2O2. The largest absolute Gasteiger partial charge is 0.378 e. The highest BCUT2D eigenvalue weighted by molar-refractivity contribution is 5.85. The summed E-state index contributed by atoms with van der Waals surface area (Å²) in [6, 6.07) is 0.278. The van der Waals surface area contributed by atoms with Gasteiger partial charge >= 0.3 is 0 Å². The zero-order valence-electron chi connectivity index (χ0n) is 13.5. The van der Waals surface area contributed by atoms with Crippen LogP contribution in [-0.4, -0.2) is 49.7 Å². The molecule has 0 bridgehead atoms. The summed E-state index contributed by atoms with van der Waals surface area (Å²) in [5.41, 5.74) is -0.114. The quantitative estimate of drug-likeness (QED) is 0.863. The highest BCUT2D eigenvalue weighted by Gasteiger charge is 2.60. The third-order valence-corrected chi connectivity index (χ3v) is 5.95. The van der Waals surface area contributed by atoms with Gasteiger partial charge in [-0.2, -0.15) is 0 Å². The van der Waals surface area contributed by atoms with E-state index in [2.05, 4.69) is 33.0 Å². The van der Waals surface area contributed by atoms with Crippen molar-refractivity contribution in [2.45, 2.75) is 45.8 Å². The van der Waals surface area contributed by atoms with Crippen molar-refractivity contribution in [3.05, 3.63) is 0 Å². The van der Waals surface area contributed by atoms with Gasteiger partial charge in [-0.05, 0) is 32.4 Å². The maximum atomic E-state index is 12.6. The van der Waals surface area contributed by atoms with Gasteiger partial charge in [-0.25, -0.2) is 0 Å². The molecule has 5 heteroatoms. The van der Waals surface area contributed by atoms with Crippen molar-refractivity contribution >= 4 is 18.3 Å². The molecule has 1 aliphatic carbocycles. The van der Waals surface area contributed by atoms with E-state index in [1.165, 1.54) is 0 Å².